The molecule has 2 amide bonds. The number of nitrogens with one attached hydrogen (secondary N) is 2. The van der Waals surface area contributed by atoms with E-state index in [1.807, 2.05) is 6.92 Å². The van der Waals surface area contributed by atoms with Crippen LogP contribution in [-0.4, -0.2) is 27.5 Å². The lowest BCUT2D eigenvalue weighted by molar-refractivity contribution is 0.250. The molecule has 0 unspecified atom stereocenters. The number of hydrogen-bond acceptors (Lipinski definition) is 6. The van der Waals surface area contributed by atoms with Crippen LogP contribution >= 0.6 is 36.0 Å². The van der Waals surface area contributed by atoms with Crippen molar-refractivity contribution in [3.63, 3.8) is 0 Å². The first kappa shape index (κ1) is 18.5. The van der Waals surface area contributed by atoms with Crippen LogP contribution in [-0.2, 0) is 0 Å². The van der Waals surface area contributed by atoms with Gasteiger partial charge in [0.1, 0.15) is 11.3 Å². The summed E-state index contributed by atoms with van der Waals surface area (Å²) in [7, 11) is 0. The summed E-state index contributed by atoms with van der Waals surface area (Å²) in [5.74, 6) is 0.772. The van der Waals surface area contributed by atoms with Gasteiger partial charge in [-0.1, -0.05) is 36.0 Å². The van der Waals surface area contributed by atoms with Crippen LogP contribution in [0.4, 0.5) is 22.1 Å². The molecule has 0 fully saturated rings. The van der Waals surface area contributed by atoms with Gasteiger partial charge >= 0.3 is 6.03 Å². The summed E-state index contributed by atoms with van der Waals surface area (Å²) in [5.41, 5.74) is 1.53. The maximum atomic E-state index is 11.9. The first-order chi connectivity index (χ1) is 12.5. The zero-order valence-corrected chi connectivity index (χ0v) is 16.0. The molecular weight excluding hydrogens is 395 g/mol. The van der Waals surface area contributed by atoms with Crippen LogP contribution in [0.1, 0.15) is 6.92 Å². The molecule has 0 aliphatic heterocycles. The van der Waals surface area contributed by atoms with E-state index in [4.69, 9.17) is 23.2 Å². The molecule has 1 aromatic carbocycles. The first-order valence-corrected chi connectivity index (χ1v) is 8.76. The average molecular weight is 409 g/mol. The van der Waals surface area contributed by atoms with Crippen LogP contribution in [0, 0.1) is 0 Å². The molecule has 2 N–H and O–H groups in total. The quantitative estimate of drug-likeness (QED) is 0.555. The van der Waals surface area contributed by atoms with E-state index >= 15 is 0 Å². The minimum atomic E-state index is -0.379. The van der Waals surface area contributed by atoms with E-state index in [0.717, 1.165) is 4.31 Å². The SMILES string of the molecule is CCNC(=O)N(S)c1ccc2ncc(Nc3cc(Cl)ccc3Cl)nc2n1. The van der Waals surface area contributed by atoms with Gasteiger partial charge in [0.05, 0.1) is 16.9 Å². The van der Waals surface area contributed by atoms with Crippen LogP contribution < -0.4 is 14.9 Å². The average Bonchev–Trinajstić information content (AvgIpc) is 2.63. The predicted molar refractivity (Wildman–Crippen MR) is 108 cm³/mol. The van der Waals surface area contributed by atoms with Gasteiger partial charge in [0.2, 0.25) is 0 Å². The van der Waals surface area contributed by atoms with E-state index in [0.29, 0.717) is 45.1 Å². The molecule has 10 heteroatoms. The summed E-state index contributed by atoms with van der Waals surface area (Å²) in [6, 6.07) is 8.03. The molecule has 0 saturated carbocycles. The Morgan fingerprint density at radius 2 is 2.04 bits per heavy atom. The van der Waals surface area contributed by atoms with Crippen molar-refractivity contribution in [1.82, 2.24) is 20.3 Å². The second-order valence-electron chi connectivity index (χ2n) is 5.16. The molecule has 3 aromatic rings. The third kappa shape index (κ3) is 4.09. The number of anilines is 3. The summed E-state index contributed by atoms with van der Waals surface area (Å²) < 4.78 is 1.11. The number of aromatic nitrogens is 3. The Kier molecular flexibility index (Phi) is 5.65. The largest absolute Gasteiger partial charge is 0.338 e. The predicted octanol–water partition coefficient (Wildman–Crippen LogP) is 4.46. The molecule has 2 heterocycles. The number of carbonyl (C=O) groups excluding carboxylic acids is 1. The number of carbonyl (C=O) groups is 1. The zero-order chi connectivity index (χ0) is 18.7. The molecule has 0 aliphatic carbocycles. The first-order valence-electron chi connectivity index (χ1n) is 7.60. The van der Waals surface area contributed by atoms with Crippen LogP contribution in [0.15, 0.2) is 36.5 Å². The van der Waals surface area contributed by atoms with Crippen LogP contribution in [0.2, 0.25) is 10.0 Å². The molecular formula is C16H14Cl2N6OS. The van der Waals surface area contributed by atoms with Gasteiger partial charge in [-0.05, 0) is 37.3 Å². The summed E-state index contributed by atoms with van der Waals surface area (Å²) in [6.45, 7) is 2.30. The number of nitrogens with zero attached hydrogens (tertiary/aromatic N) is 4. The van der Waals surface area contributed by atoms with Crippen LogP contribution in [0.25, 0.3) is 11.2 Å². The molecule has 0 saturated heterocycles. The van der Waals surface area contributed by atoms with Gasteiger partial charge in [-0.25, -0.2) is 24.1 Å². The number of fused-ring (bicyclic) bond motifs is 1. The summed E-state index contributed by atoms with van der Waals surface area (Å²) in [4.78, 5) is 24.9. The van der Waals surface area contributed by atoms with Crippen molar-refractivity contribution >= 4 is 70.5 Å². The highest BCUT2D eigenvalue weighted by Crippen LogP contribution is 2.28. The van der Waals surface area contributed by atoms with Crippen molar-refractivity contribution in [2.75, 3.05) is 16.2 Å². The molecule has 2 aromatic heterocycles. The number of benzene rings is 1. The molecule has 0 atom stereocenters. The number of hydrogen-bond donors (Lipinski definition) is 3. The highest BCUT2D eigenvalue weighted by Gasteiger charge is 2.14. The smallest absolute Gasteiger partial charge is 0.333 e. The van der Waals surface area contributed by atoms with Gasteiger partial charge in [-0.3, -0.25) is 0 Å². The normalized spacial score (nSPS) is 10.6. The number of rotatable bonds is 4. The lowest BCUT2D eigenvalue weighted by Crippen LogP contribution is -2.34. The van der Waals surface area contributed by atoms with Gasteiger partial charge in [0.15, 0.2) is 11.5 Å². The lowest BCUT2D eigenvalue weighted by Gasteiger charge is -2.15. The monoisotopic (exact) mass is 408 g/mol. The number of halogens is 2. The topological polar surface area (TPSA) is 83.0 Å². The second kappa shape index (κ2) is 7.94. The lowest BCUT2D eigenvalue weighted by atomic mass is 10.3. The minimum absolute atomic E-state index is 0.332. The molecule has 134 valence electrons. The zero-order valence-electron chi connectivity index (χ0n) is 13.6. The van der Waals surface area contributed by atoms with Crippen LogP contribution in [0.5, 0.6) is 0 Å². The highest BCUT2D eigenvalue weighted by atomic mass is 35.5. The van der Waals surface area contributed by atoms with Gasteiger partial charge in [0, 0.05) is 11.6 Å². The fourth-order valence-corrected chi connectivity index (χ4v) is 2.65. The number of thiol groups is 1. The third-order valence-electron chi connectivity index (χ3n) is 3.32. The van der Waals surface area contributed by atoms with E-state index in [-0.39, 0.29) is 6.03 Å². The van der Waals surface area contributed by atoms with Crippen molar-refractivity contribution in [3.05, 3.63) is 46.6 Å². The van der Waals surface area contributed by atoms with Gasteiger partial charge < -0.3 is 10.6 Å². The highest BCUT2D eigenvalue weighted by molar-refractivity contribution is 7.82. The third-order valence-corrected chi connectivity index (χ3v) is 4.27. The van der Waals surface area contributed by atoms with Gasteiger partial charge in [-0.15, -0.1) is 0 Å². The Balaban J connectivity index is 1.92. The number of urea groups is 1. The molecule has 3 rings (SSSR count). The van der Waals surface area contributed by atoms with Gasteiger partial charge in [-0.2, -0.15) is 0 Å². The number of amides is 2. The standard InChI is InChI=1S/C16H14Cl2N6OS/c1-2-19-16(25)24(26)14-6-5-11-15(23-14)22-13(8-20-11)21-12-7-9(17)3-4-10(12)18/h3-8,26H,2H2,1H3,(H,19,25)(H,21,22,23). The van der Waals surface area contributed by atoms with E-state index in [2.05, 4.69) is 38.4 Å². The second-order valence-corrected chi connectivity index (χ2v) is 6.41. The fourth-order valence-electron chi connectivity index (χ4n) is 2.13. The summed E-state index contributed by atoms with van der Waals surface area (Å²) >= 11 is 16.3. The molecule has 0 aliphatic rings. The number of pyridine rings is 1. The van der Waals surface area contributed by atoms with Crippen molar-refractivity contribution in [3.8, 4) is 0 Å². The molecule has 0 spiro atoms. The summed E-state index contributed by atoms with van der Waals surface area (Å²) in [6.07, 6.45) is 1.56. The van der Waals surface area contributed by atoms with Crippen molar-refractivity contribution < 1.29 is 4.79 Å². The van der Waals surface area contributed by atoms with E-state index in [1.165, 1.54) is 0 Å². The van der Waals surface area contributed by atoms with E-state index in [1.54, 1.807) is 36.5 Å². The maximum absolute atomic E-state index is 11.9. The Hall–Kier alpha value is -2.29. The summed E-state index contributed by atoms with van der Waals surface area (Å²) in [5, 5.41) is 6.73. The minimum Gasteiger partial charge on any atom is -0.338 e. The Morgan fingerprint density at radius 3 is 2.81 bits per heavy atom. The van der Waals surface area contributed by atoms with Crippen molar-refractivity contribution in [2.45, 2.75) is 6.92 Å². The molecule has 0 bridgehead atoms. The van der Waals surface area contributed by atoms with Crippen molar-refractivity contribution in [2.24, 2.45) is 0 Å². The van der Waals surface area contributed by atoms with E-state index < -0.39 is 0 Å². The van der Waals surface area contributed by atoms with Gasteiger partial charge in [0.25, 0.3) is 0 Å². The van der Waals surface area contributed by atoms with Crippen molar-refractivity contribution in [1.29, 1.82) is 0 Å². The molecule has 0 radical (unpaired) electrons. The molecule has 26 heavy (non-hydrogen) atoms. The maximum Gasteiger partial charge on any atom is 0.333 e. The van der Waals surface area contributed by atoms with Crippen LogP contribution in [0.3, 0.4) is 0 Å². The Morgan fingerprint density at radius 1 is 1.23 bits per heavy atom. The Bertz CT molecular complexity index is 971. The Labute approximate surface area is 165 Å². The van der Waals surface area contributed by atoms with E-state index in [9.17, 15) is 4.79 Å². The fraction of sp³-hybridized carbons (Fsp3) is 0.125. The molecule has 7 nitrogen and oxygen atoms in total.